The highest BCUT2D eigenvalue weighted by atomic mass is 35.5. The molecule has 0 aliphatic rings. The number of esters is 1. The summed E-state index contributed by atoms with van der Waals surface area (Å²) in [6.45, 7) is 0. The van der Waals surface area contributed by atoms with Gasteiger partial charge < -0.3 is 15.2 Å². The number of ether oxygens (including phenoxy) is 2. The van der Waals surface area contributed by atoms with Crippen molar-refractivity contribution in [2.75, 3.05) is 20.0 Å². The van der Waals surface area contributed by atoms with Gasteiger partial charge in [0.05, 0.1) is 30.5 Å². The second-order valence-corrected chi connectivity index (χ2v) is 2.98. The van der Waals surface area contributed by atoms with Crippen molar-refractivity contribution in [3.63, 3.8) is 0 Å². The fraction of sp³-hybridized carbons (Fsp3) is 0.222. The second kappa shape index (κ2) is 4.19. The molecule has 2 N–H and O–H groups in total. The molecule has 1 rings (SSSR count). The van der Waals surface area contributed by atoms with E-state index >= 15 is 0 Å². The highest BCUT2D eigenvalue weighted by Crippen LogP contribution is 2.32. The smallest absolute Gasteiger partial charge is 0.337 e. The fourth-order valence-electron chi connectivity index (χ4n) is 1.07. The van der Waals surface area contributed by atoms with Gasteiger partial charge in [-0.15, -0.1) is 0 Å². The van der Waals surface area contributed by atoms with Crippen LogP contribution in [0.25, 0.3) is 0 Å². The topological polar surface area (TPSA) is 61.5 Å². The van der Waals surface area contributed by atoms with Crippen LogP contribution < -0.4 is 10.5 Å². The highest BCUT2D eigenvalue weighted by Gasteiger charge is 2.12. The zero-order valence-electron chi connectivity index (χ0n) is 7.83. The number of halogens is 1. The number of nitrogens with two attached hydrogens (primary N) is 1. The molecule has 0 aliphatic carbocycles. The van der Waals surface area contributed by atoms with Gasteiger partial charge in [-0.05, 0) is 12.1 Å². The van der Waals surface area contributed by atoms with Crippen LogP contribution in [0.5, 0.6) is 5.75 Å². The summed E-state index contributed by atoms with van der Waals surface area (Å²) in [5.74, 6) is -0.124. The molecule has 0 fully saturated rings. The van der Waals surface area contributed by atoms with Crippen molar-refractivity contribution in [2.24, 2.45) is 0 Å². The van der Waals surface area contributed by atoms with E-state index in [2.05, 4.69) is 4.74 Å². The fourth-order valence-corrected chi connectivity index (χ4v) is 1.37. The number of carbonyl (C=O) groups is 1. The second-order valence-electron chi connectivity index (χ2n) is 2.57. The molecular formula is C9H10ClNO3. The first-order chi connectivity index (χ1) is 6.60. The van der Waals surface area contributed by atoms with Crippen molar-refractivity contribution in [3.8, 4) is 5.75 Å². The summed E-state index contributed by atoms with van der Waals surface area (Å²) in [6.07, 6.45) is 0. The summed E-state index contributed by atoms with van der Waals surface area (Å²) < 4.78 is 9.46. The first-order valence-corrected chi connectivity index (χ1v) is 4.19. The van der Waals surface area contributed by atoms with Crippen LogP contribution in [0.15, 0.2) is 12.1 Å². The summed E-state index contributed by atoms with van der Waals surface area (Å²) in [5.41, 5.74) is 6.22. The SMILES string of the molecule is COC(=O)c1cc(N)c(OC)c(Cl)c1. The van der Waals surface area contributed by atoms with Gasteiger partial charge in [-0.1, -0.05) is 11.6 Å². The number of nitrogen functional groups attached to an aromatic ring is 1. The molecule has 0 heterocycles. The molecule has 0 aliphatic heterocycles. The first-order valence-electron chi connectivity index (χ1n) is 3.81. The lowest BCUT2D eigenvalue weighted by molar-refractivity contribution is 0.0601. The minimum Gasteiger partial charge on any atom is -0.493 e. The van der Waals surface area contributed by atoms with Crippen molar-refractivity contribution in [1.29, 1.82) is 0 Å². The van der Waals surface area contributed by atoms with Gasteiger partial charge in [-0.3, -0.25) is 0 Å². The average Bonchev–Trinajstić information content (AvgIpc) is 2.16. The molecule has 0 radical (unpaired) electrons. The quantitative estimate of drug-likeness (QED) is 0.603. The van der Waals surface area contributed by atoms with E-state index in [0.29, 0.717) is 17.0 Å². The molecule has 0 unspecified atom stereocenters. The molecule has 0 atom stereocenters. The van der Waals surface area contributed by atoms with Crippen molar-refractivity contribution >= 4 is 23.3 Å². The van der Waals surface area contributed by atoms with Crippen molar-refractivity contribution < 1.29 is 14.3 Å². The molecule has 0 saturated carbocycles. The molecule has 0 saturated heterocycles. The molecule has 14 heavy (non-hydrogen) atoms. The number of rotatable bonds is 2. The molecule has 0 aromatic heterocycles. The van der Waals surface area contributed by atoms with Crippen LogP contribution in [0.3, 0.4) is 0 Å². The Morgan fingerprint density at radius 2 is 2.07 bits per heavy atom. The minimum atomic E-state index is -0.485. The third-order valence-corrected chi connectivity index (χ3v) is 1.98. The van der Waals surface area contributed by atoms with E-state index in [0.717, 1.165) is 0 Å². The van der Waals surface area contributed by atoms with Gasteiger partial charge in [0.15, 0.2) is 5.75 Å². The summed E-state index contributed by atoms with van der Waals surface area (Å²) >= 11 is 5.82. The Labute approximate surface area is 86.6 Å². The predicted octanol–water partition coefficient (Wildman–Crippen LogP) is 1.72. The van der Waals surface area contributed by atoms with Gasteiger partial charge in [0.2, 0.25) is 0 Å². The average molecular weight is 216 g/mol. The molecule has 4 nitrogen and oxygen atoms in total. The number of benzene rings is 1. The van der Waals surface area contributed by atoms with Crippen LogP contribution in [0.2, 0.25) is 5.02 Å². The van der Waals surface area contributed by atoms with E-state index in [1.165, 1.54) is 26.4 Å². The standard InChI is InChI=1S/C9H10ClNO3/c1-13-8-6(10)3-5(4-7(8)11)9(12)14-2/h3-4H,11H2,1-2H3. The third-order valence-electron chi connectivity index (χ3n) is 1.70. The Hall–Kier alpha value is -1.42. The molecule has 5 heteroatoms. The van der Waals surface area contributed by atoms with Gasteiger partial charge in [0.1, 0.15) is 0 Å². The molecule has 76 valence electrons. The molecule has 0 amide bonds. The number of anilines is 1. The normalized spacial score (nSPS) is 9.64. The molecule has 1 aromatic carbocycles. The van der Waals surface area contributed by atoms with Gasteiger partial charge in [0.25, 0.3) is 0 Å². The summed E-state index contributed by atoms with van der Waals surface area (Å²) in [4.78, 5) is 11.1. The Balaban J connectivity index is 3.20. The number of hydrogen-bond donors (Lipinski definition) is 1. The maximum absolute atomic E-state index is 11.1. The van der Waals surface area contributed by atoms with Crippen LogP contribution in [0.4, 0.5) is 5.69 Å². The minimum absolute atomic E-state index is 0.285. The zero-order valence-corrected chi connectivity index (χ0v) is 8.59. The van der Waals surface area contributed by atoms with Crippen molar-refractivity contribution in [1.82, 2.24) is 0 Å². The van der Waals surface area contributed by atoms with E-state index in [-0.39, 0.29) is 5.02 Å². The van der Waals surface area contributed by atoms with Crippen LogP contribution in [-0.2, 0) is 4.74 Å². The van der Waals surface area contributed by atoms with E-state index in [1.807, 2.05) is 0 Å². The Morgan fingerprint density at radius 3 is 2.50 bits per heavy atom. The number of carbonyl (C=O) groups excluding carboxylic acids is 1. The summed E-state index contributed by atoms with van der Waals surface area (Å²) in [7, 11) is 2.74. The Bertz CT molecular complexity index is 342. The summed E-state index contributed by atoms with van der Waals surface area (Å²) in [6, 6.07) is 2.90. The zero-order chi connectivity index (χ0) is 10.7. The maximum Gasteiger partial charge on any atom is 0.337 e. The summed E-state index contributed by atoms with van der Waals surface area (Å²) in [5, 5.41) is 0.285. The lowest BCUT2D eigenvalue weighted by Crippen LogP contribution is -2.03. The Kier molecular flexibility index (Phi) is 3.19. The number of hydrogen-bond acceptors (Lipinski definition) is 4. The number of methoxy groups -OCH3 is 2. The van der Waals surface area contributed by atoms with Crippen LogP contribution in [-0.4, -0.2) is 20.2 Å². The predicted molar refractivity (Wildman–Crippen MR) is 53.8 cm³/mol. The van der Waals surface area contributed by atoms with Crippen molar-refractivity contribution in [3.05, 3.63) is 22.7 Å². The van der Waals surface area contributed by atoms with Gasteiger partial charge in [-0.25, -0.2) is 4.79 Å². The lowest BCUT2D eigenvalue weighted by Gasteiger charge is -2.08. The molecule has 1 aromatic rings. The van der Waals surface area contributed by atoms with Crippen molar-refractivity contribution in [2.45, 2.75) is 0 Å². The Morgan fingerprint density at radius 1 is 1.43 bits per heavy atom. The molecular weight excluding hydrogens is 206 g/mol. The molecule has 0 bridgehead atoms. The van der Waals surface area contributed by atoms with Crippen LogP contribution >= 0.6 is 11.6 Å². The van der Waals surface area contributed by atoms with Crippen LogP contribution in [0.1, 0.15) is 10.4 Å². The van der Waals surface area contributed by atoms with Crippen LogP contribution in [0, 0.1) is 0 Å². The maximum atomic E-state index is 11.1. The van der Waals surface area contributed by atoms with E-state index in [1.54, 1.807) is 0 Å². The van der Waals surface area contributed by atoms with Gasteiger partial charge in [0, 0.05) is 0 Å². The third kappa shape index (κ3) is 1.90. The first kappa shape index (κ1) is 10.7. The van der Waals surface area contributed by atoms with E-state index < -0.39 is 5.97 Å². The largest absolute Gasteiger partial charge is 0.493 e. The van der Waals surface area contributed by atoms with E-state index in [4.69, 9.17) is 22.1 Å². The monoisotopic (exact) mass is 215 g/mol. The molecule has 0 spiro atoms. The lowest BCUT2D eigenvalue weighted by atomic mass is 10.2. The van der Waals surface area contributed by atoms with Gasteiger partial charge >= 0.3 is 5.97 Å². The van der Waals surface area contributed by atoms with E-state index in [9.17, 15) is 4.79 Å². The highest BCUT2D eigenvalue weighted by molar-refractivity contribution is 6.33. The van der Waals surface area contributed by atoms with Gasteiger partial charge in [-0.2, -0.15) is 0 Å².